The van der Waals surface area contributed by atoms with E-state index in [0.29, 0.717) is 5.25 Å². The lowest BCUT2D eigenvalue weighted by atomic mass is 10.1. The van der Waals surface area contributed by atoms with Crippen molar-refractivity contribution in [2.45, 2.75) is 10.1 Å². The number of rotatable bonds is 3. The van der Waals surface area contributed by atoms with E-state index in [2.05, 4.69) is 71.2 Å². The molecule has 0 saturated carbocycles. The number of thioether (sulfide) groups is 2. The van der Waals surface area contributed by atoms with E-state index in [0.717, 1.165) is 17.4 Å². The van der Waals surface area contributed by atoms with E-state index in [1.165, 1.54) is 10.5 Å². The molecule has 0 aromatic heterocycles. The standard InChI is InChI=1S/C16H16N2S2/c1-19-14-10-6-5-9-13(14)18-16-17-11-15(20-16)12-7-3-2-4-8-12/h2-10,15H,11H2,1H3,(H,17,18). The molecule has 2 nitrogen and oxygen atoms in total. The number of hydrogen-bond acceptors (Lipinski definition) is 4. The van der Waals surface area contributed by atoms with Crippen LogP contribution in [0.2, 0.25) is 0 Å². The molecule has 2 aromatic carbocycles. The first-order valence-corrected chi connectivity index (χ1v) is 8.63. The van der Waals surface area contributed by atoms with Gasteiger partial charge in [0.15, 0.2) is 5.17 Å². The van der Waals surface area contributed by atoms with Crippen LogP contribution in [0.5, 0.6) is 0 Å². The van der Waals surface area contributed by atoms with Gasteiger partial charge in [0.25, 0.3) is 0 Å². The summed E-state index contributed by atoms with van der Waals surface area (Å²) < 4.78 is 0. The number of hydrogen-bond donors (Lipinski definition) is 1. The van der Waals surface area contributed by atoms with E-state index < -0.39 is 0 Å². The van der Waals surface area contributed by atoms with Gasteiger partial charge in [0, 0.05) is 4.90 Å². The Morgan fingerprint density at radius 3 is 2.65 bits per heavy atom. The van der Waals surface area contributed by atoms with Crippen molar-refractivity contribution in [2.24, 2.45) is 4.99 Å². The van der Waals surface area contributed by atoms with E-state index in [-0.39, 0.29) is 0 Å². The highest BCUT2D eigenvalue weighted by Gasteiger charge is 2.21. The molecule has 2 aromatic rings. The topological polar surface area (TPSA) is 24.4 Å². The van der Waals surface area contributed by atoms with Gasteiger partial charge in [-0.1, -0.05) is 54.2 Å². The Morgan fingerprint density at radius 1 is 1.10 bits per heavy atom. The Hall–Kier alpha value is -1.39. The van der Waals surface area contributed by atoms with Gasteiger partial charge < -0.3 is 5.32 Å². The van der Waals surface area contributed by atoms with Gasteiger partial charge in [0.1, 0.15) is 0 Å². The molecule has 1 aliphatic rings. The van der Waals surface area contributed by atoms with Crippen LogP contribution in [0, 0.1) is 0 Å². The highest BCUT2D eigenvalue weighted by Crippen LogP contribution is 2.36. The molecule has 0 fully saturated rings. The number of nitrogens with one attached hydrogen (secondary N) is 1. The van der Waals surface area contributed by atoms with Crippen LogP contribution in [0.4, 0.5) is 5.69 Å². The van der Waals surface area contributed by atoms with Crippen LogP contribution >= 0.6 is 23.5 Å². The summed E-state index contributed by atoms with van der Waals surface area (Å²) in [6.07, 6.45) is 2.09. The lowest BCUT2D eigenvalue weighted by Gasteiger charge is -2.11. The summed E-state index contributed by atoms with van der Waals surface area (Å²) in [5.41, 5.74) is 2.48. The number of aliphatic imine (C=N–C) groups is 1. The molecule has 0 saturated heterocycles. The number of para-hydroxylation sites is 1. The monoisotopic (exact) mass is 300 g/mol. The van der Waals surface area contributed by atoms with Gasteiger partial charge in [0.05, 0.1) is 17.5 Å². The molecule has 102 valence electrons. The summed E-state index contributed by atoms with van der Waals surface area (Å²) in [6, 6.07) is 18.9. The molecule has 0 amide bonds. The van der Waals surface area contributed by atoms with Gasteiger partial charge in [-0.3, -0.25) is 4.99 Å². The van der Waals surface area contributed by atoms with Crippen LogP contribution in [-0.2, 0) is 0 Å². The van der Waals surface area contributed by atoms with Crippen LogP contribution < -0.4 is 5.32 Å². The van der Waals surface area contributed by atoms with E-state index >= 15 is 0 Å². The van der Waals surface area contributed by atoms with Crippen molar-refractivity contribution in [3.63, 3.8) is 0 Å². The summed E-state index contributed by atoms with van der Waals surface area (Å²) in [5, 5.41) is 4.90. The lowest BCUT2D eigenvalue weighted by molar-refractivity contribution is 0.966. The van der Waals surface area contributed by atoms with Crippen LogP contribution in [0.25, 0.3) is 0 Å². The predicted molar refractivity (Wildman–Crippen MR) is 90.9 cm³/mol. The maximum Gasteiger partial charge on any atom is 0.161 e. The molecule has 3 rings (SSSR count). The predicted octanol–water partition coefficient (Wildman–Crippen LogP) is 4.66. The fourth-order valence-electron chi connectivity index (χ4n) is 2.15. The number of nitrogens with zero attached hydrogens (tertiary/aromatic N) is 1. The zero-order valence-electron chi connectivity index (χ0n) is 11.2. The quantitative estimate of drug-likeness (QED) is 0.834. The van der Waals surface area contributed by atoms with E-state index in [9.17, 15) is 0 Å². The molecule has 1 heterocycles. The van der Waals surface area contributed by atoms with Crippen LogP contribution in [0.1, 0.15) is 10.8 Å². The number of benzene rings is 2. The summed E-state index contributed by atoms with van der Waals surface area (Å²) >= 11 is 3.56. The minimum absolute atomic E-state index is 0.431. The molecule has 0 radical (unpaired) electrons. The van der Waals surface area contributed by atoms with Gasteiger partial charge in [0.2, 0.25) is 0 Å². The van der Waals surface area contributed by atoms with Gasteiger partial charge in [-0.15, -0.1) is 11.8 Å². The van der Waals surface area contributed by atoms with Crippen LogP contribution in [-0.4, -0.2) is 18.0 Å². The first-order chi connectivity index (χ1) is 9.86. The molecule has 1 aliphatic heterocycles. The Morgan fingerprint density at radius 2 is 1.85 bits per heavy atom. The summed E-state index contributed by atoms with van der Waals surface area (Å²) in [4.78, 5) is 5.87. The molecular weight excluding hydrogens is 284 g/mol. The molecule has 20 heavy (non-hydrogen) atoms. The Labute approximate surface area is 128 Å². The summed E-state index contributed by atoms with van der Waals surface area (Å²) in [5.74, 6) is 0. The first-order valence-electron chi connectivity index (χ1n) is 6.53. The molecule has 4 heteroatoms. The highest BCUT2D eigenvalue weighted by molar-refractivity contribution is 8.14. The molecular formula is C16H16N2S2. The first kappa shape index (κ1) is 13.6. The molecule has 0 aliphatic carbocycles. The van der Waals surface area contributed by atoms with Crippen LogP contribution in [0.15, 0.2) is 64.5 Å². The third-order valence-corrected chi connectivity index (χ3v) is 5.13. The van der Waals surface area contributed by atoms with Crippen molar-refractivity contribution in [2.75, 3.05) is 18.1 Å². The maximum absolute atomic E-state index is 4.62. The lowest BCUT2D eigenvalue weighted by Crippen LogP contribution is -2.06. The summed E-state index contributed by atoms with van der Waals surface area (Å²) in [6.45, 7) is 0.846. The Bertz CT molecular complexity index is 611. The van der Waals surface area contributed by atoms with Crippen molar-refractivity contribution in [3.8, 4) is 0 Å². The Kier molecular flexibility index (Phi) is 4.33. The zero-order valence-corrected chi connectivity index (χ0v) is 12.9. The second kappa shape index (κ2) is 6.37. The maximum atomic E-state index is 4.62. The van der Waals surface area contributed by atoms with E-state index in [4.69, 9.17) is 0 Å². The van der Waals surface area contributed by atoms with Crippen molar-refractivity contribution < 1.29 is 0 Å². The SMILES string of the molecule is CSc1ccccc1NC1=NCC(c2ccccc2)S1. The fraction of sp³-hybridized carbons (Fsp3) is 0.188. The smallest absolute Gasteiger partial charge is 0.161 e. The third kappa shape index (κ3) is 3.02. The molecule has 0 bridgehead atoms. The summed E-state index contributed by atoms with van der Waals surface area (Å²) in [7, 11) is 0. The van der Waals surface area contributed by atoms with Gasteiger partial charge in [-0.25, -0.2) is 0 Å². The van der Waals surface area contributed by atoms with Crippen molar-refractivity contribution in [3.05, 3.63) is 60.2 Å². The fourth-order valence-corrected chi connectivity index (χ4v) is 3.73. The second-order valence-electron chi connectivity index (χ2n) is 4.49. The van der Waals surface area contributed by atoms with Gasteiger partial charge in [-0.05, 0) is 24.0 Å². The molecule has 1 atom stereocenters. The number of amidine groups is 1. The number of anilines is 1. The van der Waals surface area contributed by atoms with E-state index in [1.807, 2.05) is 11.8 Å². The minimum atomic E-state index is 0.431. The third-order valence-electron chi connectivity index (χ3n) is 3.17. The largest absolute Gasteiger partial charge is 0.334 e. The van der Waals surface area contributed by atoms with E-state index in [1.54, 1.807) is 11.8 Å². The molecule has 1 unspecified atom stereocenters. The van der Waals surface area contributed by atoms with Crippen LogP contribution in [0.3, 0.4) is 0 Å². The Balaban J connectivity index is 1.69. The zero-order chi connectivity index (χ0) is 13.8. The van der Waals surface area contributed by atoms with Gasteiger partial charge in [-0.2, -0.15) is 0 Å². The highest BCUT2D eigenvalue weighted by atomic mass is 32.2. The van der Waals surface area contributed by atoms with Crippen molar-refractivity contribution >= 4 is 34.4 Å². The molecule has 1 N–H and O–H groups in total. The van der Waals surface area contributed by atoms with Crippen molar-refractivity contribution in [1.82, 2.24) is 0 Å². The minimum Gasteiger partial charge on any atom is -0.334 e. The second-order valence-corrected chi connectivity index (χ2v) is 6.53. The average Bonchev–Trinajstić information content (AvgIpc) is 2.97. The van der Waals surface area contributed by atoms with Crippen molar-refractivity contribution in [1.29, 1.82) is 0 Å². The van der Waals surface area contributed by atoms with Gasteiger partial charge >= 0.3 is 0 Å². The normalized spacial score (nSPS) is 17.9. The average molecular weight is 300 g/mol. The molecule has 0 spiro atoms.